The molecule has 0 saturated heterocycles. The Bertz CT molecular complexity index is 625. The van der Waals surface area contributed by atoms with Gasteiger partial charge in [0, 0.05) is 12.0 Å². The van der Waals surface area contributed by atoms with Gasteiger partial charge in [0.05, 0.1) is 11.8 Å². The zero-order chi connectivity index (χ0) is 15.4. The van der Waals surface area contributed by atoms with Gasteiger partial charge < -0.3 is 9.73 Å². The number of benzene rings is 1. The topological polar surface area (TPSA) is 42.2 Å². The molecule has 1 aromatic heterocycles. The van der Waals surface area contributed by atoms with E-state index < -0.39 is 0 Å². The minimum Gasteiger partial charge on any atom is -0.472 e. The van der Waals surface area contributed by atoms with Gasteiger partial charge in [-0.15, -0.1) is 0 Å². The number of carbonyl (C=O) groups excluding carboxylic acids is 1. The fraction of sp³-hybridized carbons (Fsp3) is 0.421. The molecule has 3 nitrogen and oxygen atoms in total. The lowest BCUT2D eigenvalue weighted by Gasteiger charge is -2.38. The molecule has 1 aliphatic rings. The summed E-state index contributed by atoms with van der Waals surface area (Å²) in [7, 11) is 0. The quantitative estimate of drug-likeness (QED) is 0.918. The molecule has 0 spiro atoms. The molecular weight excluding hydrogens is 274 g/mol. The molecule has 116 valence electrons. The zero-order valence-electron chi connectivity index (χ0n) is 13.1. The van der Waals surface area contributed by atoms with Crippen LogP contribution in [0.1, 0.15) is 53.6 Å². The number of nitrogens with one attached hydrogen (secondary N) is 1. The number of furan rings is 1. The fourth-order valence-electron chi connectivity index (χ4n) is 3.52. The number of hydrogen-bond acceptors (Lipinski definition) is 2. The van der Waals surface area contributed by atoms with Crippen LogP contribution in [0.25, 0.3) is 0 Å². The van der Waals surface area contributed by atoms with Gasteiger partial charge in [0.1, 0.15) is 6.26 Å². The number of aryl methyl sites for hydroxylation is 1. The molecule has 3 heteroatoms. The SMILES string of the molecule is Cc1cccc(C2(CNC(=O)c3ccoc3)CCCCC2)c1. The summed E-state index contributed by atoms with van der Waals surface area (Å²) in [6, 6.07) is 10.4. The summed E-state index contributed by atoms with van der Waals surface area (Å²) in [6.07, 6.45) is 9.07. The van der Waals surface area contributed by atoms with Gasteiger partial charge in [-0.3, -0.25) is 4.79 Å². The second-order valence-electron chi connectivity index (χ2n) is 6.41. The molecule has 0 atom stereocenters. The molecule has 1 aliphatic carbocycles. The first-order chi connectivity index (χ1) is 10.7. The summed E-state index contributed by atoms with van der Waals surface area (Å²) in [6.45, 7) is 2.82. The summed E-state index contributed by atoms with van der Waals surface area (Å²) >= 11 is 0. The van der Waals surface area contributed by atoms with E-state index in [2.05, 4.69) is 36.5 Å². The van der Waals surface area contributed by atoms with Crippen molar-refractivity contribution in [3.8, 4) is 0 Å². The van der Waals surface area contributed by atoms with Crippen LogP contribution in [-0.2, 0) is 5.41 Å². The van der Waals surface area contributed by atoms with Gasteiger partial charge >= 0.3 is 0 Å². The third-order valence-corrected chi connectivity index (χ3v) is 4.81. The van der Waals surface area contributed by atoms with E-state index in [0.717, 1.165) is 12.8 Å². The lowest BCUT2D eigenvalue weighted by atomic mass is 9.69. The van der Waals surface area contributed by atoms with Crippen molar-refractivity contribution >= 4 is 5.91 Å². The van der Waals surface area contributed by atoms with Crippen LogP contribution in [0, 0.1) is 6.92 Å². The fourth-order valence-corrected chi connectivity index (χ4v) is 3.52. The molecule has 1 saturated carbocycles. The third kappa shape index (κ3) is 3.08. The summed E-state index contributed by atoms with van der Waals surface area (Å²) in [5, 5.41) is 3.11. The standard InChI is InChI=1S/C19H23NO2/c1-15-6-5-7-17(12-15)19(9-3-2-4-10-19)14-20-18(21)16-8-11-22-13-16/h5-8,11-13H,2-4,9-10,14H2,1H3,(H,20,21). The van der Waals surface area contributed by atoms with E-state index in [1.807, 2.05) is 0 Å². The number of carbonyl (C=O) groups is 1. The van der Waals surface area contributed by atoms with Gasteiger partial charge in [-0.25, -0.2) is 0 Å². The Labute approximate surface area is 131 Å². The van der Waals surface area contributed by atoms with Gasteiger partial charge in [0.15, 0.2) is 0 Å². The van der Waals surface area contributed by atoms with E-state index in [1.54, 1.807) is 6.07 Å². The van der Waals surface area contributed by atoms with Crippen molar-refractivity contribution in [1.29, 1.82) is 0 Å². The first kappa shape index (κ1) is 14.9. The highest BCUT2D eigenvalue weighted by atomic mass is 16.3. The van der Waals surface area contributed by atoms with E-state index in [-0.39, 0.29) is 11.3 Å². The van der Waals surface area contributed by atoms with Crippen LogP contribution in [0.4, 0.5) is 0 Å². The van der Waals surface area contributed by atoms with Crippen molar-refractivity contribution in [1.82, 2.24) is 5.32 Å². The van der Waals surface area contributed by atoms with Crippen LogP contribution in [0.3, 0.4) is 0 Å². The van der Waals surface area contributed by atoms with Crippen LogP contribution in [0.2, 0.25) is 0 Å². The largest absolute Gasteiger partial charge is 0.472 e. The van der Waals surface area contributed by atoms with Crippen molar-refractivity contribution in [3.63, 3.8) is 0 Å². The zero-order valence-corrected chi connectivity index (χ0v) is 13.1. The molecule has 0 bridgehead atoms. The van der Waals surface area contributed by atoms with E-state index in [1.165, 1.54) is 42.9 Å². The number of amides is 1. The molecule has 1 aromatic carbocycles. The van der Waals surface area contributed by atoms with Gasteiger partial charge in [-0.05, 0) is 31.4 Å². The van der Waals surface area contributed by atoms with Crippen LogP contribution < -0.4 is 5.32 Å². The Morgan fingerprint density at radius 3 is 2.73 bits per heavy atom. The lowest BCUT2D eigenvalue weighted by Crippen LogP contribution is -2.42. The van der Waals surface area contributed by atoms with E-state index >= 15 is 0 Å². The molecule has 3 rings (SSSR count). The van der Waals surface area contributed by atoms with Gasteiger partial charge in [0.25, 0.3) is 5.91 Å². The molecule has 1 N–H and O–H groups in total. The number of rotatable bonds is 4. The molecule has 1 heterocycles. The van der Waals surface area contributed by atoms with E-state index in [9.17, 15) is 4.79 Å². The molecule has 1 fully saturated rings. The van der Waals surface area contributed by atoms with Crippen molar-refractivity contribution < 1.29 is 9.21 Å². The van der Waals surface area contributed by atoms with Crippen molar-refractivity contribution in [2.24, 2.45) is 0 Å². The lowest BCUT2D eigenvalue weighted by molar-refractivity contribution is 0.0936. The maximum absolute atomic E-state index is 12.2. The number of hydrogen-bond donors (Lipinski definition) is 1. The smallest absolute Gasteiger partial charge is 0.254 e. The summed E-state index contributed by atoms with van der Waals surface area (Å²) < 4.78 is 4.99. The summed E-state index contributed by atoms with van der Waals surface area (Å²) in [5.41, 5.74) is 3.31. The van der Waals surface area contributed by atoms with Gasteiger partial charge in [-0.2, -0.15) is 0 Å². The van der Waals surface area contributed by atoms with Crippen LogP contribution in [0.5, 0.6) is 0 Å². The first-order valence-corrected chi connectivity index (χ1v) is 8.07. The predicted molar refractivity (Wildman–Crippen MR) is 87.0 cm³/mol. The van der Waals surface area contributed by atoms with E-state index in [0.29, 0.717) is 12.1 Å². The molecule has 1 amide bonds. The first-order valence-electron chi connectivity index (χ1n) is 8.07. The second-order valence-corrected chi connectivity index (χ2v) is 6.41. The highest BCUT2D eigenvalue weighted by Crippen LogP contribution is 2.39. The van der Waals surface area contributed by atoms with Gasteiger partial charge in [-0.1, -0.05) is 49.1 Å². The minimum absolute atomic E-state index is 0.0497. The molecule has 22 heavy (non-hydrogen) atoms. The average molecular weight is 297 g/mol. The second kappa shape index (κ2) is 6.39. The van der Waals surface area contributed by atoms with E-state index in [4.69, 9.17) is 4.42 Å². The maximum atomic E-state index is 12.2. The Morgan fingerprint density at radius 1 is 1.23 bits per heavy atom. The van der Waals surface area contributed by atoms with Crippen LogP contribution in [0.15, 0.2) is 47.3 Å². The Hall–Kier alpha value is -2.03. The monoisotopic (exact) mass is 297 g/mol. The molecule has 0 radical (unpaired) electrons. The molecule has 0 aliphatic heterocycles. The van der Waals surface area contributed by atoms with Crippen molar-refractivity contribution in [2.45, 2.75) is 44.4 Å². The molecular formula is C19H23NO2. The Balaban J connectivity index is 1.79. The molecule has 2 aromatic rings. The predicted octanol–water partition coefficient (Wildman–Crippen LogP) is 4.22. The van der Waals surface area contributed by atoms with Crippen LogP contribution in [-0.4, -0.2) is 12.5 Å². The van der Waals surface area contributed by atoms with Crippen LogP contribution >= 0.6 is 0 Å². The molecule has 0 unspecified atom stereocenters. The highest BCUT2D eigenvalue weighted by Gasteiger charge is 2.34. The normalized spacial score (nSPS) is 17.1. The third-order valence-electron chi connectivity index (χ3n) is 4.81. The Kier molecular flexibility index (Phi) is 4.32. The van der Waals surface area contributed by atoms with Crippen molar-refractivity contribution in [2.75, 3.05) is 6.54 Å². The average Bonchev–Trinajstić information content (AvgIpc) is 3.08. The summed E-state index contributed by atoms with van der Waals surface area (Å²) in [5.74, 6) is -0.0497. The maximum Gasteiger partial charge on any atom is 0.254 e. The highest BCUT2D eigenvalue weighted by molar-refractivity contribution is 5.93. The van der Waals surface area contributed by atoms with Crippen molar-refractivity contribution in [3.05, 3.63) is 59.5 Å². The van der Waals surface area contributed by atoms with Gasteiger partial charge in [0.2, 0.25) is 0 Å². The summed E-state index contributed by atoms with van der Waals surface area (Å²) in [4.78, 5) is 12.2. The Morgan fingerprint density at radius 2 is 2.05 bits per heavy atom. The minimum atomic E-state index is -0.0497.